The number of benzene rings is 2. The molecular weight excluding hydrogens is 396 g/mol. The Bertz CT molecular complexity index is 957. The van der Waals surface area contributed by atoms with Crippen LogP contribution >= 0.6 is 0 Å². The topological polar surface area (TPSA) is 105 Å². The number of ether oxygens (including phenoxy) is 1. The minimum absolute atomic E-state index is 0.149. The van der Waals surface area contributed by atoms with Crippen LogP contribution in [0.5, 0.6) is 0 Å². The maximum atomic E-state index is 12.4. The highest BCUT2D eigenvalue weighted by atomic mass is 16.5. The summed E-state index contributed by atoms with van der Waals surface area (Å²) in [5.74, 6) is -1.94. The highest BCUT2D eigenvalue weighted by Gasteiger charge is 2.24. The van der Waals surface area contributed by atoms with Crippen LogP contribution in [0.2, 0.25) is 0 Å². The van der Waals surface area contributed by atoms with Gasteiger partial charge in [0.1, 0.15) is 12.6 Å². The minimum Gasteiger partial charge on any atom is -0.480 e. The molecule has 0 unspecified atom stereocenters. The van der Waals surface area contributed by atoms with Gasteiger partial charge in [0, 0.05) is 6.42 Å². The zero-order chi connectivity index (χ0) is 22.2. The molecule has 2 aromatic rings. The zero-order valence-corrected chi connectivity index (χ0v) is 17.3. The number of alkyl carbamates (subject to hydrolysis) is 1. The predicted octanol–water partition coefficient (Wildman–Crippen LogP) is 3.36. The SMILES string of the molecule is C[C@@H]1/C=C/C[C@H](NC(=O)OCc2ccccc2)c2cccc(c2)C[C@H](C(=O)O)NC1=O. The fraction of sp³-hybridized carbons (Fsp3) is 0.292. The Morgan fingerprint density at radius 1 is 1.16 bits per heavy atom. The summed E-state index contributed by atoms with van der Waals surface area (Å²) in [6.07, 6.45) is 3.59. The van der Waals surface area contributed by atoms with Crippen LogP contribution in [0.4, 0.5) is 4.79 Å². The maximum absolute atomic E-state index is 12.4. The van der Waals surface area contributed by atoms with E-state index < -0.39 is 24.0 Å². The van der Waals surface area contributed by atoms with Crippen LogP contribution in [0.15, 0.2) is 66.7 Å². The lowest BCUT2D eigenvalue weighted by molar-refractivity contribution is -0.142. The summed E-state index contributed by atoms with van der Waals surface area (Å²) < 4.78 is 5.35. The van der Waals surface area contributed by atoms with Gasteiger partial charge in [-0.25, -0.2) is 9.59 Å². The van der Waals surface area contributed by atoms with Crippen LogP contribution in [0.25, 0.3) is 0 Å². The molecule has 7 heteroatoms. The fourth-order valence-corrected chi connectivity index (χ4v) is 3.37. The van der Waals surface area contributed by atoms with Gasteiger partial charge in [0.2, 0.25) is 5.91 Å². The maximum Gasteiger partial charge on any atom is 0.407 e. The van der Waals surface area contributed by atoms with Gasteiger partial charge in [0.05, 0.1) is 12.0 Å². The zero-order valence-electron chi connectivity index (χ0n) is 17.3. The second-order valence-corrected chi connectivity index (χ2v) is 7.56. The fourth-order valence-electron chi connectivity index (χ4n) is 3.37. The van der Waals surface area contributed by atoms with E-state index in [1.165, 1.54) is 0 Å². The quantitative estimate of drug-likeness (QED) is 0.656. The van der Waals surface area contributed by atoms with Crippen molar-refractivity contribution in [3.05, 3.63) is 83.4 Å². The molecule has 0 aromatic heterocycles. The Hall–Kier alpha value is -3.61. The number of carbonyl (C=O) groups is 3. The number of carboxylic acid groups (broad SMARTS) is 1. The molecule has 7 nitrogen and oxygen atoms in total. The van der Waals surface area contributed by atoms with E-state index in [2.05, 4.69) is 10.6 Å². The van der Waals surface area contributed by atoms with Crippen molar-refractivity contribution < 1.29 is 24.2 Å². The van der Waals surface area contributed by atoms with E-state index in [1.54, 1.807) is 19.1 Å². The average molecular weight is 422 g/mol. The number of carboxylic acids is 1. The van der Waals surface area contributed by atoms with E-state index in [-0.39, 0.29) is 25.0 Å². The van der Waals surface area contributed by atoms with Gasteiger partial charge in [-0.1, -0.05) is 73.7 Å². The summed E-state index contributed by atoms with van der Waals surface area (Å²) >= 11 is 0. The van der Waals surface area contributed by atoms with Crippen molar-refractivity contribution >= 4 is 18.0 Å². The van der Waals surface area contributed by atoms with Gasteiger partial charge in [0.25, 0.3) is 0 Å². The number of fused-ring (bicyclic) bond motifs is 2. The number of hydrogen-bond donors (Lipinski definition) is 3. The number of aliphatic carboxylic acids is 1. The monoisotopic (exact) mass is 422 g/mol. The minimum atomic E-state index is -1.09. The third-order valence-corrected chi connectivity index (χ3v) is 5.12. The number of nitrogens with one attached hydrogen (secondary N) is 2. The van der Waals surface area contributed by atoms with Crippen LogP contribution in [0.1, 0.15) is 36.1 Å². The number of amides is 2. The van der Waals surface area contributed by atoms with Gasteiger partial charge in [-0.15, -0.1) is 0 Å². The van der Waals surface area contributed by atoms with Gasteiger partial charge in [-0.2, -0.15) is 0 Å². The first kappa shape index (κ1) is 22.1. The number of hydrogen-bond acceptors (Lipinski definition) is 4. The average Bonchev–Trinajstić information content (AvgIpc) is 2.76. The lowest BCUT2D eigenvalue weighted by Gasteiger charge is -2.21. The Balaban J connectivity index is 1.78. The summed E-state index contributed by atoms with van der Waals surface area (Å²) in [5, 5.41) is 15.0. The summed E-state index contributed by atoms with van der Waals surface area (Å²) in [4.78, 5) is 36.4. The molecule has 0 radical (unpaired) electrons. The third-order valence-electron chi connectivity index (χ3n) is 5.12. The molecule has 3 N–H and O–H groups in total. The number of rotatable bonds is 4. The van der Waals surface area contributed by atoms with Crippen molar-refractivity contribution in [1.29, 1.82) is 0 Å². The summed E-state index contributed by atoms with van der Waals surface area (Å²) in [5.41, 5.74) is 2.48. The molecule has 0 saturated heterocycles. The molecule has 1 aliphatic heterocycles. The summed E-state index contributed by atoms with van der Waals surface area (Å²) in [6, 6.07) is 15.3. The van der Waals surface area contributed by atoms with E-state index >= 15 is 0 Å². The Morgan fingerprint density at radius 3 is 2.68 bits per heavy atom. The molecule has 3 rings (SSSR count). The van der Waals surface area contributed by atoms with Crippen molar-refractivity contribution in [1.82, 2.24) is 10.6 Å². The van der Waals surface area contributed by atoms with Gasteiger partial charge in [-0.05, 0) is 23.1 Å². The largest absolute Gasteiger partial charge is 0.480 e. The van der Waals surface area contributed by atoms with E-state index in [9.17, 15) is 19.5 Å². The van der Waals surface area contributed by atoms with Crippen molar-refractivity contribution in [2.75, 3.05) is 0 Å². The molecule has 1 heterocycles. The lowest BCUT2D eigenvalue weighted by Crippen LogP contribution is -2.44. The smallest absolute Gasteiger partial charge is 0.407 e. The molecular formula is C24H26N2O5. The molecule has 0 spiro atoms. The van der Waals surface area contributed by atoms with Crippen LogP contribution in [-0.2, 0) is 27.4 Å². The van der Waals surface area contributed by atoms with Crippen molar-refractivity contribution in [2.24, 2.45) is 5.92 Å². The van der Waals surface area contributed by atoms with E-state index in [0.717, 1.165) is 16.7 Å². The summed E-state index contributed by atoms with van der Waals surface area (Å²) in [6.45, 7) is 1.86. The van der Waals surface area contributed by atoms with E-state index in [1.807, 2.05) is 54.6 Å². The first-order valence-electron chi connectivity index (χ1n) is 10.2. The van der Waals surface area contributed by atoms with E-state index in [4.69, 9.17) is 4.74 Å². The molecule has 0 saturated carbocycles. The van der Waals surface area contributed by atoms with Crippen LogP contribution in [0.3, 0.4) is 0 Å². The lowest BCUT2D eigenvalue weighted by atomic mass is 9.96. The third kappa shape index (κ3) is 6.44. The van der Waals surface area contributed by atoms with E-state index in [0.29, 0.717) is 6.42 Å². The highest BCUT2D eigenvalue weighted by molar-refractivity contribution is 5.86. The van der Waals surface area contributed by atoms with Crippen molar-refractivity contribution in [3.8, 4) is 0 Å². The Morgan fingerprint density at radius 2 is 1.94 bits per heavy atom. The predicted molar refractivity (Wildman–Crippen MR) is 115 cm³/mol. The molecule has 1 aliphatic rings. The molecule has 2 aromatic carbocycles. The van der Waals surface area contributed by atoms with Crippen LogP contribution < -0.4 is 10.6 Å². The van der Waals surface area contributed by atoms with Gasteiger partial charge in [-0.3, -0.25) is 4.79 Å². The standard InChI is InChI=1S/C24H26N2O5/c1-16-7-5-12-20(26-24(30)31-15-17-8-3-2-4-9-17)19-11-6-10-18(13-19)14-21(23(28)29)25-22(16)27/h2-11,13,16,20-21H,12,14-15H2,1H3,(H,25,27)(H,26,30)(H,28,29)/b7-5+/t16-,20+,21-/m1/s1. The Kier molecular flexibility index (Phi) is 7.43. The molecule has 31 heavy (non-hydrogen) atoms. The highest BCUT2D eigenvalue weighted by Crippen LogP contribution is 2.21. The number of carbonyl (C=O) groups excluding carboxylic acids is 2. The van der Waals surface area contributed by atoms with Crippen molar-refractivity contribution in [3.63, 3.8) is 0 Å². The first-order valence-corrected chi connectivity index (χ1v) is 10.2. The molecule has 2 bridgehead atoms. The first-order chi connectivity index (χ1) is 14.9. The van der Waals surface area contributed by atoms with Gasteiger partial charge >= 0.3 is 12.1 Å². The second kappa shape index (κ2) is 10.4. The summed E-state index contributed by atoms with van der Waals surface area (Å²) in [7, 11) is 0. The molecule has 162 valence electrons. The molecule has 0 fully saturated rings. The van der Waals surface area contributed by atoms with Gasteiger partial charge in [0.15, 0.2) is 0 Å². The van der Waals surface area contributed by atoms with Crippen molar-refractivity contribution in [2.45, 2.75) is 38.5 Å². The van der Waals surface area contributed by atoms with Crippen LogP contribution in [-0.4, -0.2) is 29.1 Å². The van der Waals surface area contributed by atoms with Gasteiger partial charge < -0.3 is 20.5 Å². The normalized spacial score (nSPS) is 22.2. The molecule has 0 aliphatic carbocycles. The molecule has 2 amide bonds. The molecule has 3 atom stereocenters. The second-order valence-electron chi connectivity index (χ2n) is 7.56. The Labute approximate surface area is 181 Å². The van der Waals surface area contributed by atoms with Crippen LogP contribution in [0, 0.1) is 5.92 Å².